The van der Waals surface area contributed by atoms with E-state index in [2.05, 4.69) is 10.3 Å². The van der Waals surface area contributed by atoms with Crippen molar-refractivity contribution in [1.82, 2.24) is 20.1 Å². The maximum atomic E-state index is 13.5. The van der Waals surface area contributed by atoms with Crippen LogP contribution in [0.2, 0.25) is 0 Å². The van der Waals surface area contributed by atoms with Gasteiger partial charge in [0.25, 0.3) is 5.91 Å². The lowest BCUT2D eigenvalue weighted by atomic mass is 9.99. The van der Waals surface area contributed by atoms with Crippen LogP contribution in [0.15, 0.2) is 79.1 Å². The molecule has 0 unspecified atom stereocenters. The van der Waals surface area contributed by atoms with Gasteiger partial charge in [0.05, 0.1) is 0 Å². The summed E-state index contributed by atoms with van der Waals surface area (Å²) in [5.74, 6) is -0.538. The minimum Gasteiger partial charge on any atom is -0.347 e. The van der Waals surface area contributed by atoms with Gasteiger partial charge in [0, 0.05) is 36.1 Å². The van der Waals surface area contributed by atoms with E-state index in [4.69, 9.17) is 5.10 Å². The summed E-state index contributed by atoms with van der Waals surface area (Å²) in [7, 11) is 0. The van der Waals surface area contributed by atoms with Crippen LogP contribution in [0.1, 0.15) is 35.9 Å². The molecule has 4 rings (SSSR count). The number of aromatic nitrogens is 3. The Hall–Kier alpha value is -3.80. The minimum absolute atomic E-state index is 0.0488. The predicted octanol–water partition coefficient (Wildman–Crippen LogP) is 5.26. The van der Waals surface area contributed by atoms with Gasteiger partial charge in [-0.2, -0.15) is 5.10 Å². The van der Waals surface area contributed by atoms with Crippen LogP contribution in [0.5, 0.6) is 0 Å². The maximum Gasteiger partial charge on any atom is 0.270 e. The number of amides is 1. The molecule has 31 heavy (non-hydrogen) atoms. The molecule has 0 aliphatic rings. The second kappa shape index (κ2) is 8.92. The molecule has 0 saturated carbocycles. The zero-order chi connectivity index (χ0) is 21.8. The van der Waals surface area contributed by atoms with E-state index in [-0.39, 0.29) is 17.8 Å². The molecule has 4 aromatic rings. The highest BCUT2D eigenvalue weighted by atomic mass is 19.1. The fourth-order valence-corrected chi connectivity index (χ4v) is 3.49. The van der Waals surface area contributed by atoms with Crippen LogP contribution in [-0.2, 0) is 6.54 Å². The molecule has 2 heterocycles. The third kappa shape index (κ3) is 4.38. The summed E-state index contributed by atoms with van der Waals surface area (Å²) >= 11 is 0. The van der Waals surface area contributed by atoms with Crippen LogP contribution in [0.4, 0.5) is 4.39 Å². The summed E-state index contributed by atoms with van der Waals surface area (Å²) in [5, 5.41) is 7.79. The number of halogens is 1. The predicted molar refractivity (Wildman–Crippen MR) is 119 cm³/mol. The Bertz CT molecular complexity index is 1170. The van der Waals surface area contributed by atoms with Crippen LogP contribution < -0.4 is 5.32 Å². The van der Waals surface area contributed by atoms with E-state index in [0.717, 1.165) is 16.7 Å². The number of nitrogens with one attached hydrogen (secondary N) is 1. The summed E-state index contributed by atoms with van der Waals surface area (Å²) in [6, 6.07) is 19.6. The molecule has 2 aromatic heterocycles. The standard InChI is InChI=1S/C25H23FN4O/c1-17(2)30-24(25(31)28-16-18-6-4-3-5-7-18)22(19-12-14-27-15-13-19)23(29-30)20-8-10-21(26)11-9-20/h3-15,17H,16H2,1-2H3,(H,28,31). The average molecular weight is 414 g/mol. The Labute approximate surface area is 180 Å². The number of hydrogen-bond donors (Lipinski definition) is 1. The number of hydrogen-bond acceptors (Lipinski definition) is 3. The van der Waals surface area contributed by atoms with Crippen molar-refractivity contribution in [3.63, 3.8) is 0 Å². The van der Waals surface area contributed by atoms with Gasteiger partial charge in [0.2, 0.25) is 0 Å². The van der Waals surface area contributed by atoms with Gasteiger partial charge in [0.1, 0.15) is 17.2 Å². The number of nitrogens with zero attached hydrogens (tertiary/aromatic N) is 3. The van der Waals surface area contributed by atoms with Crippen molar-refractivity contribution in [2.75, 3.05) is 0 Å². The highest BCUT2D eigenvalue weighted by Gasteiger charge is 2.26. The van der Waals surface area contributed by atoms with Crippen molar-refractivity contribution in [3.05, 3.63) is 96.2 Å². The summed E-state index contributed by atoms with van der Waals surface area (Å²) in [6.45, 7) is 4.36. The number of benzene rings is 2. The highest BCUT2D eigenvalue weighted by Crippen LogP contribution is 2.35. The molecule has 0 aliphatic heterocycles. The summed E-state index contributed by atoms with van der Waals surface area (Å²) in [5.41, 5.74) is 4.38. The van der Waals surface area contributed by atoms with Crippen molar-refractivity contribution in [2.24, 2.45) is 0 Å². The minimum atomic E-state index is -0.321. The largest absolute Gasteiger partial charge is 0.347 e. The fourth-order valence-electron chi connectivity index (χ4n) is 3.49. The first-order chi connectivity index (χ1) is 15.0. The normalized spacial score (nSPS) is 11.0. The third-order valence-electron chi connectivity index (χ3n) is 5.00. The first-order valence-corrected chi connectivity index (χ1v) is 10.2. The van der Waals surface area contributed by atoms with Crippen LogP contribution in [-0.4, -0.2) is 20.7 Å². The second-order valence-corrected chi connectivity index (χ2v) is 7.52. The lowest BCUT2D eigenvalue weighted by molar-refractivity contribution is 0.0939. The fraction of sp³-hybridized carbons (Fsp3) is 0.160. The van der Waals surface area contributed by atoms with Crippen LogP contribution in [0, 0.1) is 5.82 Å². The van der Waals surface area contributed by atoms with Crippen molar-refractivity contribution in [1.29, 1.82) is 0 Å². The van der Waals surface area contributed by atoms with Gasteiger partial charge in [-0.3, -0.25) is 14.5 Å². The summed E-state index contributed by atoms with van der Waals surface area (Å²) in [6.07, 6.45) is 3.37. The van der Waals surface area contributed by atoms with Crippen LogP contribution in [0.25, 0.3) is 22.4 Å². The highest BCUT2D eigenvalue weighted by molar-refractivity contribution is 6.03. The Morgan fingerprint density at radius 3 is 2.29 bits per heavy atom. The Morgan fingerprint density at radius 1 is 0.968 bits per heavy atom. The smallest absolute Gasteiger partial charge is 0.270 e. The maximum absolute atomic E-state index is 13.5. The molecule has 0 saturated heterocycles. The number of carbonyl (C=O) groups excluding carboxylic acids is 1. The van der Waals surface area contributed by atoms with Gasteiger partial charge in [-0.1, -0.05) is 30.3 Å². The molecule has 0 bridgehead atoms. The van der Waals surface area contributed by atoms with Gasteiger partial charge in [-0.05, 0) is 61.4 Å². The average Bonchev–Trinajstić information content (AvgIpc) is 3.20. The Kier molecular flexibility index (Phi) is 5.89. The van der Waals surface area contributed by atoms with E-state index in [0.29, 0.717) is 23.5 Å². The van der Waals surface area contributed by atoms with Crippen molar-refractivity contribution in [3.8, 4) is 22.4 Å². The number of carbonyl (C=O) groups is 1. The zero-order valence-electron chi connectivity index (χ0n) is 17.4. The van der Waals surface area contributed by atoms with Crippen LogP contribution >= 0.6 is 0 Å². The van der Waals surface area contributed by atoms with Gasteiger partial charge in [0.15, 0.2) is 0 Å². The molecule has 6 heteroatoms. The van der Waals surface area contributed by atoms with Crippen LogP contribution in [0.3, 0.4) is 0 Å². The lowest BCUT2D eigenvalue weighted by Crippen LogP contribution is -2.27. The molecule has 0 spiro atoms. The Balaban J connectivity index is 1.84. The molecular weight excluding hydrogens is 391 g/mol. The van der Waals surface area contributed by atoms with Gasteiger partial charge in [-0.15, -0.1) is 0 Å². The molecule has 156 valence electrons. The molecule has 0 atom stereocenters. The first-order valence-electron chi connectivity index (χ1n) is 10.2. The van der Waals surface area contributed by atoms with E-state index in [9.17, 15) is 9.18 Å². The SMILES string of the molecule is CC(C)n1nc(-c2ccc(F)cc2)c(-c2ccncc2)c1C(=O)NCc1ccccc1. The zero-order valence-corrected chi connectivity index (χ0v) is 17.4. The molecule has 0 radical (unpaired) electrons. The van der Waals surface area contributed by atoms with E-state index in [1.54, 1.807) is 29.2 Å². The topological polar surface area (TPSA) is 59.8 Å². The van der Waals surface area contributed by atoms with Gasteiger partial charge < -0.3 is 5.32 Å². The number of rotatable bonds is 6. The molecule has 0 fully saturated rings. The van der Waals surface area contributed by atoms with E-state index in [1.165, 1.54) is 12.1 Å². The molecule has 5 nitrogen and oxygen atoms in total. The second-order valence-electron chi connectivity index (χ2n) is 7.52. The molecular formula is C25H23FN4O. The Morgan fingerprint density at radius 2 is 1.65 bits per heavy atom. The van der Waals surface area contributed by atoms with Crippen molar-refractivity contribution in [2.45, 2.75) is 26.4 Å². The van der Waals surface area contributed by atoms with E-state index < -0.39 is 0 Å². The van der Waals surface area contributed by atoms with Gasteiger partial charge in [-0.25, -0.2) is 4.39 Å². The summed E-state index contributed by atoms with van der Waals surface area (Å²) < 4.78 is 15.3. The molecule has 1 N–H and O–H groups in total. The van der Waals surface area contributed by atoms with Crippen molar-refractivity contribution >= 4 is 5.91 Å². The first kappa shape index (κ1) is 20.5. The monoisotopic (exact) mass is 414 g/mol. The molecule has 1 amide bonds. The number of pyridine rings is 1. The molecule has 0 aliphatic carbocycles. The summed E-state index contributed by atoms with van der Waals surface area (Å²) in [4.78, 5) is 17.5. The van der Waals surface area contributed by atoms with Gasteiger partial charge >= 0.3 is 0 Å². The van der Waals surface area contributed by atoms with E-state index >= 15 is 0 Å². The van der Waals surface area contributed by atoms with Crippen molar-refractivity contribution < 1.29 is 9.18 Å². The third-order valence-corrected chi connectivity index (χ3v) is 5.00. The quantitative estimate of drug-likeness (QED) is 0.468. The molecule has 2 aromatic carbocycles. The van der Waals surface area contributed by atoms with E-state index in [1.807, 2.05) is 56.3 Å². The lowest BCUT2D eigenvalue weighted by Gasteiger charge is -2.13.